The first-order valence-corrected chi connectivity index (χ1v) is 15.3. The number of amides is 1. The molecule has 2 aromatic carbocycles. The van der Waals surface area contributed by atoms with Gasteiger partial charge in [-0.1, -0.05) is 62.8 Å². The quantitative estimate of drug-likeness (QED) is 0.445. The summed E-state index contributed by atoms with van der Waals surface area (Å²) in [5.74, 6) is 1.63. The highest BCUT2D eigenvalue weighted by molar-refractivity contribution is 7.89. The number of benzene rings is 2. The van der Waals surface area contributed by atoms with Crippen molar-refractivity contribution in [3.05, 3.63) is 54.1 Å². The van der Waals surface area contributed by atoms with Crippen molar-refractivity contribution in [3.63, 3.8) is 0 Å². The minimum atomic E-state index is -3.53. The zero-order valence-electron chi connectivity index (χ0n) is 22.5. The van der Waals surface area contributed by atoms with Crippen molar-refractivity contribution in [3.8, 4) is 0 Å². The van der Waals surface area contributed by atoms with Crippen LogP contribution in [-0.4, -0.2) is 74.2 Å². The maximum Gasteiger partial charge on any atom is 0.243 e. The summed E-state index contributed by atoms with van der Waals surface area (Å²) in [4.78, 5) is 17.7. The summed E-state index contributed by atoms with van der Waals surface area (Å²) in [6.07, 6.45) is 6.25. The third-order valence-electron chi connectivity index (χ3n) is 9.15. The number of hydrogen-bond donors (Lipinski definition) is 0. The number of carbonyl (C=O) groups is 1. The van der Waals surface area contributed by atoms with Crippen LogP contribution in [0.15, 0.2) is 59.0 Å². The lowest BCUT2D eigenvalue weighted by Gasteiger charge is -2.57. The van der Waals surface area contributed by atoms with Gasteiger partial charge >= 0.3 is 0 Å². The normalized spacial score (nSPS) is 23.9. The Morgan fingerprint density at radius 3 is 2.46 bits per heavy atom. The van der Waals surface area contributed by atoms with Gasteiger partial charge in [0.1, 0.15) is 0 Å². The fourth-order valence-corrected chi connectivity index (χ4v) is 7.93. The van der Waals surface area contributed by atoms with Crippen LogP contribution in [0.25, 0.3) is 10.8 Å². The Bertz CT molecular complexity index is 1280. The fraction of sp³-hybridized carbons (Fsp3) is 0.567. The Balaban J connectivity index is 1.18. The predicted molar refractivity (Wildman–Crippen MR) is 149 cm³/mol. The molecule has 2 fully saturated rings. The molecule has 0 aromatic heterocycles. The first kappa shape index (κ1) is 26.4. The van der Waals surface area contributed by atoms with E-state index in [0.717, 1.165) is 42.6 Å². The second-order valence-electron chi connectivity index (χ2n) is 11.6. The Hall–Kier alpha value is -2.22. The van der Waals surface area contributed by atoms with Gasteiger partial charge in [0, 0.05) is 52.2 Å². The number of piperazine rings is 1. The molecule has 1 heterocycles. The van der Waals surface area contributed by atoms with E-state index < -0.39 is 10.0 Å². The van der Waals surface area contributed by atoms with Gasteiger partial charge in [-0.15, -0.1) is 0 Å². The van der Waals surface area contributed by atoms with E-state index in [9.17, 15) is 13.2 Å². The minimum absolute atomic E-state index is 0.236. The van der Waals surface area contributed by atoms with Crippen LogP contribution < -0.4 is 0 Å². The van der Waals surface area contributed by atoms with Crippen molar-refractivity contribution in [2.24, 2.45) is 17.3 Å². The van der Waals surface area contributed by atoms with Crippen LogP contribution in [0.5, 0.6) is 0 Å². The number of allylic oxidation sites excluding steroid dienone is 1. The molecule has 6 rings (SSSR count). The highest BCUT2D eigenvalue weighted by Gasteiger charge is 2.51. The van der Waals surface area contributed by atoms with Crippen molar-refractivity contribution < 1.29 is 13.2 Å². The molecular weight excluding hydrogens is 482 g/mol. The third-order valence-corrected chi connectivity index (χ3v) is 11.0. The highest BCUT2D eigenvalue weighted by Crippen LogP contribution is 2.59. The van der Waals surface area contributed by atoms with Gasteiger partial charge in [-0.25, -0.2) is 8.42 Å². The van der Waals surface area contributed by atoms with E-state index in [1.807, 2.05) is 30.3 Å². The van der Waals surface area contributed by atoms with Gasteiger partial charge in [0.05, 0.1) is 4.90 Å². The molecule has 2 atom stereocenters. The number of carbonyl (C=O) groups excluding carboxylic acids is 1. The zero-order valence-corrected chi connectivity index (χ0v) is 23.3. The van der Waals surface area contributed by atoms with E-state index in [1.54, 1.807) is 16.4 Å². The summed E-state index contributed by atoms with van der Waals surface area (Å²) < 4.78 is 28.2. The molecule has 0 N–H and O–H groups in total. The van der Waals surface area contributed by atoms with Crippen LogP contribution in [0.4, 0.5) is 0 Å². The molecule has 7 heteroatoms. The largest absolute Gasteiger partial charge is 0.337 e. The molecule has 2 aromatic rings. The van der Waals surface area contributed by atoms with Crippen molar-refractivity contribution in [1.82, 2.24) is 14.1 Å². The van der Waals surface area contributed by atoms with E-state index in [1.165, 1.54) is 12.0 Å². The number of fused-ring (bicyclic) bond motifs is 2. The second-order valence-corrected chi connectivity index (χ2v) is 13.6. The molecule has 2 bridgehead atoms. The molecule has 1 aliphatic heterocycles. The van der Waals surface area contributed by atoms with Crippen molar-refractivity contribution in [2.45, 2.75) is 51.3 Å². The van der Waals surface area contributed by atoms with Crippen LogP contribution in [0.1, 0.15) is 46.5 Å². The van der Waals surface area contributed by atoms with Gasteiger partial charge in [-0.2, -0.15) is 4.31 Å². The lowest BCUT2D eigenvalue weighted by Crippen LogP contribution is -2.52. The standard InChI is InChI=1S/C30H41N3O3S/c1-4-7-29(34)32(22-25-10-12-26-21-28(25)30(26,2)3)17-14-31-15-18-33(19-16-31)37(35,36)27-13-11-23-8-5-6-9-24(23)20-27/h5-6,8-11,13,20,26,28H,4,7,12,14-19,21-22H2,1-3H3. The molecular formula is C30H41N3O3S. The van der Waals surface area contributed by atoms with E-state index >= 15 is 0 Å². The monoisotopic (exact) mass is 523 g/mol. The van der Waals surface area contributed by atoms with E-state index in [4.69, 9.17) is 0 Å². The van der Waals surface area contributed by atoms with Crippen LogP contribution >= 0.6 is 0 Å². The minimum Gasteiger partial charge on any atom is -0.337 e. The number of rotatable bonds is 9. The van der Waals surface area contributed by atoms with E-state index in [2.05, 4.69) is 36.6 Å². The maximum absolute atomic E-state index is 13.3. The molecule has 3 aliphatic carbocycles. The average Bonchev–Trinajstić information content (AvgIpc) is 2.91. The van der Waals surface area contributed by atoms with Crippen LogP contribution in [0.2, 0.25) is 0 Å². The summed E-state index contributed by atoms with van der Waals surface area (Å²) in [6, 6.07) is 13.2. The summed E-state index contributed by atoms with van der Waals surface area (Å²) in [7, 11) is -3.53. The molecule has 37 heavy (non-hydrogen) atoms. The Morgan fingerprint density at radius 1 is 1.05 bits per heavy atom. The summed E-state index contributed by atoms with van der Waals surface area (Å²) in [6.45, 7) is 11.4. The lowest BCUT2D eigenvalue weighted by atomic mass is 9.49. The molecule has 200 valence electrons. The smallest absolute Gasteiger partial charge is 0.243 e. The lowest BCUT2D eigenvalue weighted by molar-refractivity contribution is -0.131. The maximum atomic E-state index is 13.3. The van der Waals surface area contributed by atoms with E-state index in [-0.39, 0.29) is 5.91 Å². The molecule has 4 aliphatic rings. The molecule has 1 amide bonds. The van der Waals surface area contributed by atoms with Gasteiger partial charge in [0.15, 0.2) is 0 Å². The Labute approximate surface area is 222 Å². The average molecular weight is 524 g/mol. The molecule has 2 unspecified atom stereocenters. The molecule has 0 radical (unpaired) electrons. The third kappa shape index (κ3) is 5.23. The van der Waals surface area contributed by atoms with Crippen LogP contribution in [-0.2, 0) is 14.8 Å². The van der Waals surface area contributed by atoms with Gasteiger partial charge in [-0.05, 0) is 59.4 Å². The summed E-state index contributed by atoms with van der Waals surface area (Å²) >= 11 is 0. The molecule has 1 saturated heterocycles. The van der Waals surface area contributed by atoms with Crippen molar-refractivity contribution in [1.29, 1.82) is 0 Å². The highest BCUT2D eigenvalue weighted by atomic mass is 32.2. The van der Waals surface area contributed by atoms with Gasteiger partial charge in [-0.3, -0.25) is 9.69 Å². The van der Waals surface area contributed by atoms with Crippen molar-refractivity contribution >= 4 is 26.7 Å². The number of hydrogen-bond acceptors (Lipinski definition) is 4. The topological polar surface area (TPSA) is 60.9 Å². The zero-order chi connectivity index (χ0) is 26.2. The molecule has 6 nitrogen and oxygen atoms in total. The number of nitrogens with zero attached hydrogens (tertiary/aromatic N) is 3. The summed E-state index contributed by atoms with van der Waals surface area (Å²) in [5.41, 5.74) is 1.81. The van der Waals surface area contributed by atoms with E-state index in [0.29, 0.717) is 55.4 Å². The predicted octanol–water partition coefficient (Wildman–Crippen LogP) is 4.77. The van der Waals surface area contributed by atoms with Gasteiger partial charge in [0.2, 0.25) is 15.9 Å². The molecule has 1 saturated carbocycles. The summed E-state index contributed by atoms with van der Waals surface area (Å²) in [5, 5.41) is 1.98. The molecule has 0 spiro atoms. The fourth-order valence-electron chi connectivity index (χ4n) is 6.47. The first-order chi connectivity index (χ1) is 17.7. The van der Waals surface area contributed by atoms with Crippen molar-refractivity contribution in [2.75, 3.05) is 45.8 Å². The Morgan fingerprint density at radius 2 is 1.78 bits per heavy atom. The Kier molecular flexibility index (Phi) is 7.49. The van der Waals surface area contributed by atoms with Gasteiger partial charge < -0.3 is 4.90 Å². The van der Waals surface area contributed by atoms with Crippen LogP contribution in [0.3, 0.4) is 0 Å². The SMILES string of the molecule is CCCC(=O)N(CCN1CCN(S(=O)(=O)c2ccc3ccccc3c2)CC1)CC1=CCC2CC1C2(C)C. The van der Waals surface area contributed by atoms with Crippen LogP contribution in [0, 0.1) is 17.3 Å². The first-order valence-electron chi connectivity index (χ1n) is 13.9. The number of sulfonamides is 1. The van der Waals surface area contributed by atoms with Gasteiger partial charge in [0.25, 0.3) is 0 Å². The second kappa shape index (κ2) is 10.5.